The molecule has 0 saturated heterocycles. The molecule has 16 heavy (non-hydrogen) atoms. The molecule has 0 aliphatic rings. The Kier molecular flexibility index (Phi) is 6.77. The zero-order valence-corrected chi connectivity index (χ0v) is 9.62. The van der Waals surface area contributed by atoms with E-state index in [1.54, 1.807) is 6.92 Å². The molecule has 3 N–H and O–H groups in total. The molecule has 5 nitrogen and oxygen atoms in total. The lowest BCUT2D eigenvalue weighted by Crippen LogP contribution is -2.42. The van der Waals surface area contributed by atoms with Crippen molar-refractivity contribution in [3.8, 4) is 12.3 Å². The van der Waals surface area contributed by atoms with E-state index >= 15 is 0 Å². The van der Waals surface area contributed by atoms with Crippen LogP contribution in [0.4, 0.5) is 4.79 Å². The summed E-state index contributed by atoms with van der Waals surface area (Å²) in [6.07, 6.45) is 5.86. The molecule has 90 valence electrons. The SMILES string of the molecule is C#CC(C)NC(=O)NCC(CC)CC(=O)O. The number of rotatable bonds is 6. The number of carbonyl (C=O) groups is 2. The van der Waals surface area contributed by atoms with Crippen LogP contribution in [0.1, 0.15) is 26.7 Å². The number of urea groups is 1. The molecule has 0 aromatic carbocycles. The molecule has 0 saturated carbocycles. The van der Waals surface area contributed by atoms with Crippen molar-refractivity contribution in [2.75, 3.05) is 6.54 Å². The Morgan fingerprint density at radius 3 is 2.56 bits per heavy atom. The van der Waals surface area contributed by atoms with Gasteiger partial charge in [-0.2, -0.15) is 0 Å². The summed E-state index contributed by atoms with van der Waals surface area (Å²) in [4.78, 5) is 21.7. The van der Waals surface area contributed by atoms with Crippen LogP contribution in [0.25, 0.3) is 0 Å². The van der Waals surface area contributed by atoms with Crippen molar-refractivity contribution >= 4 is 12.0 Å². The van der Waals surface area contributed by atoms with Gasteiger partial charge in [-0.25, -0.2) is 4.79 Å². The van der Waals surface area contributed by atoms with Crippen molar-refractivity contribution in [1.29, 1.82) is 0 Å². The number of carboxylic acids is 1. The zero-order valence-electron chi connectivity index (χ0n) is 9.62. The van der Waals surface area contributed by atoms with Crippen LogP contribution < -0.4 is 10.6 Å². The zero-order chi connectivity index (χ0) is 12.6. The van der Waals surface area contributed by atoms with Crippen molar-refractivity contribution in [1.82, 2.24) is 10.6 Å². The van der Waals surface area contributed by atoms with E-state index in [-0.39, 0.29) is 24.4 Å². The summed E-state index contributed by atoms with van der Waals surface area (Å²) in [5.41, 5.74) is 0. The fourth-order valence-electron chi connectivity index (χ4n) is 1.13. The maximum atomic E-state index is 11.3. The molecule has 0 rings (SSSR count). The van der Waals surface area contributed by atoms with E-state index in [0.29, 0.717) is 13.0 Å². The van der Waals surface area contributed by atoms with Crippen LogP contribution in [0.15, 0.2) is 0 Å². The highest BCUT2D eigenvalue weighted by Gasteiger charge is 2.12. The van der Waals surface area contributed by atoms with Crippen LogP contribution in [0.2, 0.25) is 0 Å². The molecule has 0 fully saturated rings. The van der Waals surface area contributed by atoms with E-state index in [1.165, 1.54) is 0 Å². The molecule has 2 unspecified atom stereocenters. The quantitative estimate of drug-likeness (QED) is 0.586. The minimum Gasteiger partial charge on any atom is -0.481 e. The van der Waals surface area contributed by atoms with E-state index in [1.807, 2.05) is 6.92 Å². The van der Waals surface area contributed by atoms with Crippen LogP contribution in [0.5, 0.6) is 0 Å². The monoisotopic (exact) mass is 226 g/mol. The smallest absolute Gasteiger partial charge is 0.315 e. The average Bonchev–Trinajstić information content (AvgIpc) is 2.23. The first-order valence-corrected chi connectivity index (χ1v) is 5.21. The topological polar surface area (TPSA) is 78.4 Å². The second-order valence-corrected chi connectivity index (χ2v) is 3.61. The lowest BCUT2D eigenvalue weighted by atomic mass is 10.0. The molecule has 2 atom stereocenters. The lowest BCUT2D eigenvalue weighted by Gasteiger charge is -2.14. The number of hydrogen-bond acceptors (Lipinski definition) is 2. The Balaban J connectivity index is 3.89. The molecular formula is C11H18N2O3. The van der Waals surface area contributed by atoms with Crippen molar-refractivity contribution in [3.05, 3.63) is 0 Å². The second-order valence-electron chi connectivity index (χ2n) is 3.61. The van der Waals surface area contributed by atoms with E-state index in [0.717, 1.165) is 0 Å². The number of aliphatic carboxylic acids is 1. The minimum atomic E-state index is -0.856. The fourth-order valence-corrected chi connectivity index (χ4v) is 1.13. The average molecular weight is 226 g/mol. The Labute approximate surface area is 95.6 Å². The summed E-state index contributed by atoms with van der Waals surface area (Å²) < 4.78 is 0. The summed E-state index contributed by atoms with van der Waals surface area (Å²) in [7, 11) is 0. The highest BCUT2D eigenvalue weighted by Crippen LogP contribution is 2.06. The van der Waals surface area contributed by atoms with Gasteiger partial charge in [-0.05, 0) is 12.8 Å². The molecule has 0 bridgehead atoms. The number of carboxylic acid groups (broad SMARTS) is 1. The maximum Gasteiger partial charge on any atom is 0.315 e. The van der Waals surface area contributed by atoms with Gasteiger partial charge in [-0.15, -0.1) is 6.42 Å². The summed E-state index contributed by atoms with van der Waals surface area (Å²) in [5, 5.41) is 13.7. The molecule has 0 aliphatic heterocycles. The third-order valence-electron chi connectivity index (χ3n) is 2.19. The molecule has 5 heteroatoms. The lowest BCUT2D eigenvalue weighted by molar-refractivity contribution is -0.138. The number of amides is 2. The molecule has 0 radical (unpaired) electrons. The fraction of sp³-hybridized carbons (Fsp3) is 0.636. The largest absolute Gasteiger partial charge is 0.481 e. The predicted molar refractivity (Wildman–Crippen MR) is 60.9 cm³/mol. The number of hydrogen-bond donors (Lipinski definition) is 3. The Morgan fingerprint density at radius 1 is 1.50 bits per heavy atom. The van der Waals surface area contributed by atoms with E-state index in [9.17, 15) is 9.59 Å². The third-order valence-corrected chi connectivity index (χ3v) is 2.19. The van der Waals surface area contributed by atoms with Crippen molar-refractivity contribution in [2.24, 2.45) is 5.92 Å². The summed E-state index contributed by atoms with van der Waals surface area (Å²) in [6, 6.07) is -0.700. The molecular weight excluding hydrogens is 208 g/mol. The van der Waals surface area contributed by atoms with Gasteiger partial charge >= 0.3 is 12.0 Å². The summed E-state index contributed by atoms with van der Waals surface area (Å²) in [5.74, 6) is 1.46. The standard InChI is InChI=1S/C11H18N2O3/c1-4-8(3)13-11(16)12-7-9(5-2)6-10(14)15/h1,8-9H,5-7H2,2-3H3,(H,14,15)(H2,12,13,16). The first-order valence-electron chi connectivity index (χ1n) is 5.21. The van der Waals surface area contributed by atoms with Gasteiger partial charge in [0.05, 0.1) is 6.04 Å². The van der Waals surface area contributed by atoms with Crippen molar-refractivity contribution in [3.63, 3.8) is 0 Å². The van der Waals surface area contributed by atoms with E-state index < -0.39 is 5.97 Å². The molecule has 0 aliphatic carbocycles. The van der Waals surface area contributed by atoms with Crippen molar-refractivity contribution in [2.45, 2.75) is 32.7 Å². The Bertz CT molecular complexity index is 283. The van der Waals surface area contributed by atoms with Crippen LogP contribution in [-0.4, -0.2) is 29.7 Å². The number of terminal acetylenes is 1. The molecule has 0 heterocycles. The van der Waals surface area contributed by atoms with E-state index in [2.05, 4.69) is 16.6 Å². The van der Waals surface area contributed by atoms with Gasteiger partial charge in [0, 0.05) is 13.0 Å². The highest BCUT2D eigenvalue weighted by atomic mass is 16.4. The van der Waals surface area contributed by atoms with Gasteiger partial charge < -0.3 is 15.7 Å². The maximum absolute atomic E-state index is 11.3. The Hall–Kier alpha value is -1.70. The van der Waals surface area contributed by atoms with Gasteiger partial charge in [0.15, 0.2) is 0 Å². The normalized spacial score (nSPS) is 13.3. The van der Waals surface area contributed by atoms with Gasteiger partial charge in [0.1, 0.15) is 0 Å². The highest BCUT2D eigenvalue weighted by molar-refractivity contribution is 5.74. The van der Waals surface area contributed by atoms with Gasteiger partial charge in [-0.3, -0.25) is 4.79 Å². The van der Waals surface area contributed by atoms with Crippen molar-refractivity contribution < 1.29 is 14.7 Å². The third kappa shape index (κ3) is 6.71. The molecule has 0 aromatic rings. The van der Waals surface area contributed by atoms with Crippen LogP contribution in [-0.2, 0) is 4.79 Å². The van der Waals surface area contributed by atoms with Gasteiger partial charge in [0.2, 0.25) is 0 Å². The first-order chi connectivity index (χ1) is 7.49. The molecule has 0 aromatic heterocycles. The molecule has 2 amide bonds. The van der Waals surface area contributed by atoms with Crippen LogP contribution >= 0.6 is 0 Å². The summed E-state index contributed by atoms with van der Waals surface area (Å²) in [6.45, 7) is 3.91. The minimum absolute atomic E-state index is 0.0515. The first kappa shape index (κ1) is 14.3. The predicted octanol–water partition coefficient (Wildman–Crippen LogP) is 0.808. The van der Waals surface area contributed by atoms with E-state index in [4.69, 9.17) is 11.5 Å². The van der Waals surface area contributed by atoms with Crippen LogP contribution in [0.3, 0.4) is 0 Å². The molecule has 0 spiro atoms. The second kappa shape index (κ2) is 7.57. The van der Waals surface area contributed by atoms with Gasteiger partial charge in [0.25, 0.3) is 0 Å². The number of nitrogens with one attached hydrogen (secondary N) is 2. The van der Waals surface area contributed by atoms with Gasteiger partial charge in [-0.1, -0.05) is 19.3 Å². The van der Waals surface area contributed by atoms with Crippen LogP contribution in [0, 0.1) is 18.3 Å². The number of carbonyl (C=O) groups excluding carboxylic acids is 1. The summed E-state index contributed by atoms with van der Waals surface area (Å²) >= 11 is 0. The Morgan fingerprint density at radius 2 is 2.12 bits per heavy atom.